The maximum Gasteiger partial charge on any atom is 0.256 e. The minimum absolute atomic E-state index is 0.0193. The van der Waals surface area contributed by atoms with E-state index in [9.17, 15) is 4.79 Å². The van der Waals surface area contributed by atoms with Crippen LogP contribution in [0.4, 0.5) is 5.95 Å². The third-order valence-corrected chi connectivity index (χ3v) is 4.77. The number of likely N-dealkylation sites (N-methyl/N-ethyl adjacent to an activating group) is 2. The third-order valence-electron chi connectivity index (χ3n) is 4.77. The van der Waals surface area contributed by atoms with E-state index in [4.69, 9.17) is 0 Å². The number of hydrogen-bond acceptors (Lipinski definition) is 5. The average molecular weight is 390 g/mol. The number of anilines is 1. The van der Waals surface area contributed by atoms with Gasteiger partial charge in [-0.3, -0.25) is 9.78 Å². The summed E-state index contributed by atoms with van der Waals surface area (Å²) in [5, 5.41) is 0. The van der Waals surface area contributed by atoms with Gasteiger partial charge in [0, 0.05) is 49.8 Å². The standard InChI is InChI=1S/C23H27N5O/c1-5-28(15-14-27(4)23-25-17(2)16-18(3)26-23)22(29)20-12-9-13-24-21(20)19-10-7-6-8-11-19/h6-13,16H,5,14-15H2,1-4H3. The molecule has 6 heteroatoms. The number of pyridine rings is 1. The summed E-state index contributed by atoms with van der Waals surface area (Å²) in [5.74, 6) is 0.659. The molecule has 0 bridgehead atoms. The van der Waals surface area contributed by atoms with Crippen LogP contribution in [0.25, 0.3) is 11.3 Å². The van der Waals surface area contributed by atoms with Gasteiger partial charge in [-0.15, -0.1) is 0 Å². The molecule has 6 nitrogen and oxygen atoms in total. The zero-order valence-electron chi connectivity index (χ0n) is 17.5. The first-order chi connectivity index (χ1) is 14.0. The van der Waals surface area contributed by atoms with Gasteiger partial charge in [0.25, 0.3) is 5.91 Å². The topological polar surface area (TPSA) is 62.2 Å². The van der Waals surface area contributed by atoms with Crippen molar-refractivity contribution < 1.29 is 4.79 Å². The molecule has 0 N–H and O–H groups in total. The zero-order valence-corrected chi connectivity index (χ0v) is 17.5. The maximum absolute atomic E-state index is 13.3. The molecule has 0 fully saturated rings. The van der Waals surface area contributed by atoms with Gasteiger partial charge in [-0.05, 0) is 39.0 Å². The molecule has 3 rings (SSSR count). The smallest absolute Gasteiger partial charge is 0.256 e. The zero-order chi connectivity index (χ0) is 20.8. The molecule has 2 heterocycles. The molecule has 150 valence electrons. The summed E-state index contributed by atoms with van der Waals surface area (Å²) in [5.41, 5.74) is 4.14. The number of aryl methyl sites for hydroxylation is 2. The van der Waals surface area contributed by atoms with Gasteiger partial charge in [0.15, 0.2) is 0 Å². The first-order valence-corrected chi connectivity index (χ1v) is 9.82. The van der Waals surface area contributed by atoms with E-state index in [1.54, 1.807) is 6.20 Å². The van der Waals surface area contributed by atoms with Gasteiger partial charge in [-0.1, -0.05) is 30.3 Å². The largest absolute Gasteiger partial charge is 0.342 e. The lowest BCUT2D eigenvalue weighted by atomic mass is 10.0. The lowest BCUT2D eigenvalue weighted by Crippen LogP contribution is -2.38. The van der Waals surface area contributed by atoms with Crippen molar-refractivity contribution in [3.8, 4) is 11.3 Å². The Bertz CT molecular complexity index is 954. The number of aromatic nitrogens is 3. The fourth-order valence-electron chi connectivity index (χ4n) is 3.23. The van der Waals surface area contributed by atoms with Gasteiger partial charge in [0.05, 0.1) is 11.3 Å². The van der Waals surface area contributed by atoms with Crippen LogP contribution in [0.3, 0.4) is 0 Å². The lowest BCUT2D eigenvalue weighted by molar-refractivity contribution is 0.0769. The van der Waals surface area contributed by atoms with Crippen molar-refractivity contribution in [1.29, 1.82) is 0 Å². The maximum atomic E-state index is 13.3. The lowest BCUT2D eigenvalue weighted by Gasteiger charge is -2.25. The van der Waals surface area contributed by atoms with Crippen molar-refractivity contribution in [2.75, 3.05) is 31.6 Å². The Morgan fingerprint density at radius 2 is 1.66 bits per heavy atom. The van der Waals surface area contributed by atoms with Crippen molar-refractivity contribution in [2.45, 2.75) is 20.8 Å². The van der Waals surface area contributed by atoms with Crippen LogP contribution in [0.2, 0.25) is 0 Å². The second kappa shape index (κ2) is 9.28. The van der Waals surface area contributed by atoms with E-state index in [1.165, 1.54) is 0 Å². The molecule has 1 aromatic carbocycles. The van der Waals surface area contributed by atoms with Gasteiger partial charge in [0.1, 0.15) is 0 Å². The highest BCUT2D eigenvalue weighted by atomic mass is 16.2. The quantitative estimate of drug-likeness (QED) is 0.616. The van der Waals surface area contributed by atoms with Crippen molar-refractivity contribution in [2.24, 2.45) is 0 Å². The van der Waals surface area contributed by atoms with Gasteiger partial charge in [-0.2, -0.15) is 0 Å². The Morgan fingerprint density at radius 1 is 0.966 bits per heavy atom. The SMILES string of the molecule is CCN(CCN(C)c1nc(C)cc(C)n1)C(=O)c1cccnc1-c1ccccc1. The molecule has 0 radical (unpaired) electrons. The van der Waals surface area contributed by atoms with Crippen molar-refractivity contribution in [3.05, 3.63) is 71.7 Å². The highest BCUT2D eigenvalue weighted by molar-refractivity contribution is 5.99. The molecule has 0 atom stereocenters. The number of benzene rings is 1. The summed E-state index contributed by atoms with van der Waals surface area (Å²) in [7, 11) is 1.95. The van der Waals surface area contributed by atoms with Crippen LogP contribution in [0.1, 0.15) is 28.7 Å². The molecule has 0 spiro atoms. The number of nitrogens with zero attached hydrogens (tertiary/aromatic N) is 5. The van der Waals surface area contributed by atoms with Crippen LogP contribution in [-0.2, 0) is 0 Å². The van der Waals surface area contributed by atoms with Gasteiger partial charge in [-0.25, -0.2) is 9.97 Å². The summed E-state index contributed by atoms with van der Waals surface area (Å²) in [6, 6.07) is 15.4. The Labute approximate surface area is 172 Å². The molecule has 0 saturated heterocycles. The fourth-order valence-corrected chi connectivity index (χ4v) is 3.23. The third kappa shape index (κ3) is 4.96. The van der Waals surface area contributed by atoms with E-state index < -0.39 is 0 Å². The summed E-state index contributed by atoms with van der Waals surface area (Å²) >= 11 is 0. The van der Waals surface area contributed by atoms with E-state index in [2.05, 4.69) is 15.0 Å². The Hall–Kier alpha value is -3.28. The molecule has 0 aliphatic rings. The van der Waals surface area contributed by atoms with Crippen molar-refractivity contribution in [1.82, 2.24) is 19.9 Å². The Morgan fingerprint density at radius 3 is 2.31 bits per heavy atom. The molecular weight excluding hydrogens is 362 g/mol. The summed E-state index contributed by atoms with van der Waals surface area (Å²) in [6.45, 7) is 7.74. The van der Waals surface area contributed by atoms with E-state index in [0.717, 1.165) is 17.0 Å². The number of carbonyl (C=O) groups is 1. The Kier molecular flexibility index (Phi) is 6.54. The van der Waals surface area contributed by atoms with Crippen LogP contribution < -0.4 is 4.90 Å². The second-order valence-electron chi connectivity index (χ2n) is 7.02. The molecule has 0 aliphatic heterocycles. The summed E-state index contributed by atoms with van der Waals surface area (Å²) in [6.07, 6.45) is 1.72. The molecular formula is C23H27N5O. The second-order valence-corrected chi connectivity index (χ2v) is 7.02. The summed E-state index contributed by atoms with van der Waals surface area (Å²) in [4.78, 5) is 30.5. The first kappa shape index (κ1) is 20.5. The van der Waals surface area contributed by atoms with Crippen LogP contribution in [-0.4, -0.2) is 52.4 Å². The summed E-state index contributed by atoms with van der Waals surface area (Å²) < 4.78 is 0. The number of carbonyl (C=O) groups excluding carboxylic acids is 1. The van der Waals surface area contributed by atoms with Crippen LogP contribution in [0, 0.1) is 13.8 Å². The number of rotatable bonds is 7. The van der Waals surface area contributed by atoms with Crippen LogP contribution in [0.5, 0.6) is 0 Å². The van der Waals surface area contributed by atoms with Crippen molar-refractivity contribution >= 4 is 11.9 Å². The van der Waals surface area contributed by atoms with Crippen molar-refractivity contribution in [3.63, 3.8) is 0 Å². The van der Waals surface area contributed by atoms with Crippen LogP contribution >= 0.6 is 0 Å². The van der Waals surface area contributed by atoms with Crippen LogP contribution in [0.15, 0.2) is 54.7 Å². The fraction of sp³-hybridized carbons (Fsp3) is 0.304. The molecule has 0 saturated carbocycles. The Balaban J connectivity index is 1.76. The molecule has 0 aliphatic carbocycles. The molecule has 1 amide bonds. The molecule has 2 aromatic heterocycles. The molecule has 3 aromatic rings. The highest BCUT2D eigenvalue weighted by Gasteiger charge is 2.20. The predicted octanol–water partition coefficient (Wildman–Crippen LogP) is 3.75. The molecule has 29 heavy (non-hydrogen) atoms. The first-order valence-electron chi connectivity index (χ1n) is 9.82. The van der Waals surface area contributed by atoms with E-state index in [1.807, 2.05) is 86.1 Å². The van der Waals surface area contributed by atoms with Gasteiger partial charge < -0.3 is 9.80 Å². The average Bonchev–Trinajstić information content (AvgIpc) is 2.73. The van der Waals surface area contributed by atoms with E-state index in [0.29, 0.717) is 36.8 Å². The monoisotopic (exact) mass is 389 g/mol. The van der Waals surface area contributed by atoms with Gasteiger partial charge in [0.2, 0.25) is 5.95 Å². The number of amides is 1. The minimum Gasteiger partial charge on any atom is -0.342 e. The van der Waals surface area contributed by atoms with E-state index in [-0.39, 0.29) is 5.91 Å². The number of hydrogen-bond donors (Lipinski definition) is 0. The highest BCUT2D eigenvalue weighted by Crippen LogP contribution is 2.22. The minimum atomic E-state index is -0.0193. The van der Waals surface area contributed by atoms with Gasteiger partial charge >= 0.3 is 0 Å². The normalized spacial score (nSPS) is 10.6. The predicted molar refractivity (Wildman–Crippen MR) is 116 cm³/mol. The molecule has 0 unspecified atom stereocenters. The van der Waals surface area contributed by atoms with E-state index >= 15 is 0 Å².